The van der Waals surface area contributed by atoms with Crippen LogP contribution in [0.4, 0.5) is 0 Å². The second kappa shape index (κ2) is 11.6. The maximum absolute atomic E-state index is 12.2. The molecule has 2 N–H and O–H groups in total. The SMILES string of the molecule is CCNC(=NCc1ccccc1OC1CCCC1)NC1CCCC(S(=O)CC)C1. The van der Waals surface area contributed by atoms with E-state index in [4.69, 9.17) is 9.73 Å². The standard InChI is InChI=1S/C23H37N3O2S/c1-3-24-23(26-19-11-9-14-21(16-19)29(27)4-2)25-17-18-10-5-8-15-22(18)28-20-12-6-7-13-20/h5,8,10,15,19-21H,3-4,6-7,9,11-14,16-17H2,1-2H3,(H2,24,25,26). The normalized spacial score (nSPS) is 24.3. The Bertz CT molecular complexity index is 688. The predicted molar refractivity (Wildman–Crippen MR) is 122 cm³/mol. The summed E-state index contributed by atoms with van der Waals surface area (Å²) < 4.78 is 18.5. The maximum atomic E-state index is 12.2. The van der Waals surface area contributed by atoms with Crippen molar-refractivity contribution in [2.45, 2.75) is 89.2 Å². The number of ether oxygens (including phenoxy) is 1. The van der Waals surface area contributed by atoms with Crippen LogP contribution in [0.1, 0.15) is 70.8 Å². The summed E-state index contributed by atoms with van der Waals surface area (Å²) in [5.41, 5.74) is 1.13. The lowest BCUT2D eigenvalue weighted by molar-refractivity contribution is 0.208. The first-order valence-electron chi connectivity index (χ1n) is 11.4. The molecule has 5 nitrogen and oxygen atoms in total. The van der Waals surface area contributed by atoms with Gasteiger partial charge in [-0.2, -0.15) is 0 Å². The third-order valence-corrected chi connectivity index (χ3v) is 7.68. The average molecular weight is 420 g/mol. The quantitative estimate of drug-likeness (QED) is 0.491. The molecule has 29 heavy (non-hydrogen) atoms. The summed E-state index contributed by atoms with van der Waals surface area (Å²) in [6.07, 6.45) is 9.49. The van der Waals surface area contributed by atoms with E-state index in [0.29, 0.717) is 23.9 Å². The average Bonchev–Trinajstić information content (AvgIpc) is 3.26. The summed E-state index contributed by atoms with van der Waals surface area (Å²) in [5.74, 6) is 2.56. The van der Waals surface area contributed by atoms with Crippen molar-refractivity contribution in [3.63, 3.8) is 0 Å². The van der Waals surface area contributed by atoms with E-state index < -0.39 is 10.8 Å². The fourth-order valence-electron chi connectivity index (χ4n) is 4.36. The molecule has 0 spiro atoms. The van der Waals surface area contributed by atoms with Gasteiger partial charge in [0.05, 0.1) is 12.6 Å². The highest BCUT2D eigenvalue weighted by Gasteiger charge is 2.26. The van der Waals surface area contributed by atoms with E-state index in [1.54, 1.807) is 0 Å². The van der Waals surface area contributed by atoms with Crippen molar-refractivity contribution in [1.82, 2.24) is 10.6 Å². The zero-order chi connectivity index (χ0) is 20.5. The molecule has 6 heteroatoms. The van der Waals surface area contributed by atoms with Gasteiger partial charge in [0.15, 0.2) is 5.96 Å². The summed E-state index contributed by atoms with van der Waals surface area (Å²) in [7, 11) is -0.709. The molecule has 2 aliphatic carbocycles. The Morgan fingerprint density at radius 2 is 1.93 bits per heavy atom. The van der Waals surface area contributed by atoms with Crippen LogP contribution in [0.25, 0.3) is 0 Å². The summed E-state index contributed by atoms with van der Waals surface area (Å²) in [5, 5.41) is 7.28. The molecule has 0 amide bonds. The van der Waals surface area contributed by atoms with Crippen LogP contribution in [0.3, 0.4) is 0 Å². The summed E-state index contributed by atoms with van der Waals surface area (Å²) >= 11 is 0. The highest BCUT2D eigenvalue weighted by molar-refractivity contribution is 7.85. The van der Waals surface area contributed by atoms with Gasteiger partial charge in [0.2, 0.25) is 0 Å². The molecule has 0 aromatic heterocycles. The lowest BCUT2D eigenvalue weighted by Crippen LogP contribution is -2.46. The van der Waals surface area contributed by atoms with E-state index in [0.717, 1.165) is 68.1 Å². The number of hydrogen-bond donors (Lipinski definition) is 2. The van der Waals surface area contributed by atoms with Gasteiger partial charge in [0.1, 0.15) is 5.75 Å². The minimum absolute atomic E-state index is 0.315. The fourth-order valence-corrected chi connectivity index (χ4v) is 5.71. The molecule has 0 aliphatic heterocycles. The molecule has 1 aromatic rings. The third kappa shape index (κ3) is 6.73. The van der Waals surface area contributed by atoms with Crippen molar-refractivity contribution in [1.29, 1.82) is 0 Å². The van der Waals surface area contributed by atoms with Gasteiger partial charge in [0.25, 0.3) is 0 Å². The monoisotopic (exact) mass is 419 g/mol. The van der Waals surface area contributed by atoms with Gasteiger partial charge >= 0.3 is 0 Å². The minimum atomic E-state index is -0.709. The number of benzene rings is 1. The molecule has 162 valence electrons. The van der Waals surface area contributed by atoms with Crippen LogP contribution in [0.15, 0.2) is 29.3 Å². The fraction of sp³-hybridized carbons (Fsp3) is 0.696. The van der Waals surface area contributed by atoms with E-state index in [9.17, 15) is 4.21 Å². The lowest BCUT2D eigenvalue weighted by atomic mass is 9.95. The third-order valence-electron chi connectivity index (χ3n) is 5.94. The topological polar surface area (TPSA) is 62.7 Å². The number of rotatable bonds is 8. The Labute approximate surface area is 178 Å². The first-order valence-corrected chi connectivity index (χ1v) is 12.7. The molecule has 3 unspecified atom stereocenters. The molecular weight excluding hydrogens is 382 g/mol. The Morgan fingerprint density at radius 3 is 2.69 bits per heavy atom. The van der Waals surface area contributed by atoms with Crippen molar-refractivity contribution in [2.75, 3.05) is 12.3 Å². The van der Waals surface area contributed by atoms with Gasteiger partial charge in [-0.25, -0.2) is 4.99 Å². The Balaban J connectivity index is 1.62. The Morgan fingerprint density at radius 1 is 1.14 bits per heavy atom. The molecule has 1 aromatic carbocycles. The number of hydrogen-bond acceptors (Lipinski definition) is 3. The highest BCUT2D eigenvalue weighted by Crippen LogP contribution is 2.27. The molecule has 0 bridgehead atoms. The first-order chi connectivity index (χ1) is 14.2. The summed E-state index contributed by atoms with van der Waals surface area (Å²) in [6, 6.07) is 8.61. The number of nitrogens with one attached hydrogen (secondary N) is 2. The van der Waals surface area contributed by atoms with Crippen molar-refractivity contribution in [2.24, 2.45) is 4.99 Å². The Kier molecular flexibility index (Phi) is 8.84. The number of aliphatic imine (C=N–C) groups is 1. The van der Waals surface area contributed by atoms with E-state index in [2.05, 4.69) is 35.8 Å². The van der Waals surface area contributed by atoms with Gasteiger partial charge in [-0.15, -0.1) is 0 Å². The Hall–Kier alpha value is -1.56. The van der Waals surface area contributed by atoms with E-state index in [-0.39, 0.29) is 0 Å². The van der Waals surface area contributed by atoms with Crippen molar-refractivity contribution < 1.29 is 8.95 Å². The molecule has 3 atom stereocenters. The molecular formula is C23H37N3O2S. The van der Waals surface area contributed by atoms with Gasteiger partial charge < -0.3 is 15.4 Å². The van der Waals surface area contributed by atoms with Crippen molar-refractivity contribution in [3.05, 3.63) is 29.8 Å². The van der Waals surface area contributed by atoms with Crippen LogP contribution in [0, 0.1) is 0 Å². The van der Waals surface area contributed by atoms with Crippen LogP contribution < -0.4 is 15.4 Å². The second-order valence-electron chi connectivity index (χ2n) is 8.13. The van der Waals surface area contributed by atoms with Crippen LogP contribution >= 0.6 is 0 Å². The maximum Gasteiger partial charge on any atom is 0.191 e. The molecule has 3 rings (SSSR count). The summed E-state index contributed by atoms with van der Waals surface area (Å²) in [4.78, 5) is 4.84. The highest BCUT2D eigenvalue weighted by atomic mass is 32.2. The lowest BCUT2D eigenvalue weighted by Gasteiger charge is -2.30. The number of nitrogens with zero attached hydrogens (tertiary/aromatic N) is 1. The van der Waals surface area contributed by atoms with E-state index >= 15 is 0 Å². The number of para-hydroxylation sites is 1. The van der Waals surface area contributed by atoms with Crippen LogP contribution in [0.2, 0.25) is 0 Å². The van der Waals surface area contributed by atoms with Crippen LogP contribution in [0.5, 0.6) is 5.75 Å². The molecule has 0 radical (unpaired) electrons. The molecule has 0 saturated heterocycles. The second-order valence-corrected chi connectivity index (χ2v) is 10.1. The van der Waals surface area contributed by atoms with Crippen molar-refractivity contribution >= 4 is 16.8 Å². The van der Waals surface area contributed by atoms with Gasteiger partial charge in [-0.3, -0.25) is 4.21 Å². The largest absolute Gasteiger partial charge is 0.490 e. The van der Waals surface area contributed by atoms with Crippen molar-refractivity contribution in [3.8, 4) is 5.75 Å². The van der Waals surface area contributed by atoms with Gasteiger partial charge in [-0.05, 0) is 57.9 Å². The molecule has 2 fully saturated rings. The molecule has 2 saturated carbocycles. The first kappa shape index (κ1) is 22.1. The minimum Gasteiger partial charge on any atom is -0.490 e. The predicted octanol–water partition coefficient (Wildman–Crippen LogP) is 4.14. The van der Waals surface area contributed by atoms with Gasteiger partial charge in [-0.1, -0.05) is 31.5 Å². The van der Waals surface area contributed by atoms with Crippen LogP contribution in [-0.4, -0.2) is 39.9 Å². The zero-order valence-corrected chi connectivity index (χ0v) is 18.8. The molecule has 2 aliphatic rings. The van der Waals surface area contributed by atoms with E-state index in [1.165, 1.54) is 12.8 Å². The number of guanidine groups is 1. The molecule has 0 heterocycles. The van der Waals surface area contributed by atoms with Crippen LogP contribution in [-0.2, 0) is 17.3 Å². The summed E-state index contributed by atoms with van der Waals surface area (Å²) in [6.45, 7) is 5.52. The van der Waals surface area contributed by atoms with E-state index in [1.807, 2.05) is 13.0 Å². The smallest absolute Gasteiger partial charge is 0.191 e. The zero-order valence-electron chi connectivity index (χ0n) is 18.0. The van der Waals surface area contributed by atoms with Gasteiger partial charge in [0, 0.05) is 40.0 Å².